The highest BCUT2D eigenvalue weighted by Crippen LogP contribution is 2.30. The Morgan fingerprint density at radius 2 is 2.08 bits per heavy atom. The van der Waals surface area contributed by atoms with Gasteiger partial charge in [-0.25, -0.2) is 9.78 Å². The minimum Gasteiger partial charge on any atom is -0.478 e. The first-order chi connectivity index (χ1) is 11.3. The van der Waals surface area contributed by atoms with E-state index < -0.39 is 17.8 Å². The molecule has 0 aliphatic carbocycles. The van der Waals surface area contributed by atoms with Gasteiger partial charge in [0.1, 0.15) is 0 Å². The monoisotopic (exact) mass is 334 g/mol. The van der Waals surface area contributed by atoms with Gasteiger partial charge >= 0.3 is 11.8 Å². The highest BCUT2D eigenvalue weighted by Gasteiger charge is 2.49. The lowest BCUT2D eigenvalue weighted by atomic mass is 9.90. The van der Waals surface area contributed by atoms with Crippen LogP contribution >= 0.6 is 0 Å². The first-order valence-corrected chi connectivity index (χ1v) is 7.83. The number of ether oxygens (including phenoxy) is 2. The zero-order valence-corrected chi connectivity index (χ0v) is 13.9. The van der Waals surface area contributed by atoms with Crippen LogP contribution in [0.5, 0.6) is 0 Å². The molecule has 1 fully saturated rings. The Labute approximate surface area is 139 Å². The zero-order chi connectivity index (χ0) is 17.5. The molecule has 0 spiro atoms. The molecular formula is C16H20N3O5+. The summed E-state index contributed by atoms with van der Waals surface area (Å²) < 4.78 is 11.5. The lowest BCUT2D eigenvalue weighted by Crippen LogP contribution is -2.32. The second-order valence-corrected chi connectivity index (χ2v) is 6.53. The van der Waals surface area contributed by atoms with Crippen molar-refractivity contribution in [2.75, 3.05) is 19.8 Å². The molecule has 0 saturated carbocycles. The molecule has 1 saturated heterocycles. The molecule has 2 aliphatic rings. The first-order valence-electron chi connectivity index (χ1n) is 7.83. The third kappa shape index (κ3) is 2.83. The number of carboxylic acids is 1. The molecule has 0 radical (unpaired) electrons. The maximum atomic E-state index is 12.3. The molecule has 0 aromatic carbocycles. The fourth-order valence-corrected chi connectivity index (χ4v) is 2.68. The Hall–Kier alpha value is -2.19. The van der Waals surface area contributed by atoms with E-state index in [4.69, 9.17) is 9.47 Å². The van der Waals surface area contributed by atoms with E-state index >= 15 is 0 Å². The summed E-state index contributed by atoms with van der Waals surface area (Å²) in [7, 11) is 0. The smallest absolute Gasteiger partial charge is 0.383 e. The Morgan fingerprint density at radius 3 is 2.62 bits per heavy atom. The van der Waals surface area contributed by atoms with E-state index in [2.05, 4.69) is 9.98 Å². The van der Waals surface area contributed by atoms with Crippen LogP contribution in [0.3, 0.4) is 0 Å². The second-order valence-electron chi connectivity index (χ2n) is 6.53. The van der Waals surface area contributed by atoms with Gasteiger partial charge in [-0.05, 0) is 17.8 Å². The van der Waals surface area contributed by atoms with E-state index in [0.717, 1.165) is 4.76 Å². The maximum Gasteiger partial charge on any atom is 0.383 e. The third-order valence-electron chi connectivity index (χ3n) is 4.55. The van der Waals surface area contributed by atoms with Crippen molar-refractivity contribution in [3.8, 4) is 0 Å². The molecule has 1 N–H and O–H groups in total. The highest BCUT2D eigenvalue weighted by molar-refractivity contribution is 6.03. The van der Waals surface area contributed by atoms with Crippen molar-refractivity contribution < 1.29 is 24.1 Å². The van der Waals surface area contributed by atoms with E-state index in [1.165, 1.54) is 12.3 Å². The van der Waals surface area contributed by atoms with Crippen LogP contribution in [-0.4, -0.2) is 52.0 Å². The predicted octanol–water partition coefficient (Wildman–Crippen LogP) is 1.78. The molecule has 128 valence electrons. The molecule has 8 heteroatoms. The molecule has 8 nitrogen and oxygen atoms in total. The minimum absolute atomic E-state index is 0.0587. The van der Waals surface area contributed by atoms with Gasteiger partial charge in [0, 0.05) is 17.7 Å². The number of aliphatic imine (C=N–C) groups is 1. The molecule has 1 aromatic heterocycles. The maximum absolute atomic E-state index is 12.3. The van der Waals surface area contributed by atoms with Gasteiger partial charge in [-0.1, -0.05) is 23.7 Å². The van der Waals surface area contributed by atoms with Gasteiger partial charge in [0.05, 0.1) is 18.8 Å². The Bertz CT molecular complexity index is 724. The van der Waals surface area contributed by atoms with Crippen LogP contribution in [0.15, 0.2) is 17.3 Å². The van der Waals surface area contributed by atoms with E-state index in [-0.39, 0.29) is 29.6 Å². The molecule has 2 aliphatic heterocycles. The van der Waals surface area contributed by atoms with Gasteiger partial charge in [-0.3, -0.25) is 0 Å². The fourth-order valence-electron chi connectivity index (χ4n) is 2.68. The topological polar surface area (TPSA) is 101 Å². The normalized spacial score (nSPS) is 24.7. The van der Waals surface area contributed by atoms with E-state index in [1.54, 1.807) is 0 Å². The SMILES string of the molecule is CC(C)C1(C)C[N+](=O)C(c2ncc(C3OCCO3)cc2C(=O)O)=N1. The van der Waals surface area contributed by atoms with Crippen LogP contribution in [-0.2, 0) is 9.47 Å². The molecule has 3 rings (SSSR count). The number of amidine groups is 1. The van der Waals surface area contributed by atoms with Gasteiger partial charge in [0.25, 0.3) is 0 Å². The second kappa shape index (κ2) is 6.03. The van der Waals surface area contributed by atoms with E-state index in [9.17, 15) is 14.8 Å². The van der Waals surface area contributed by atoms with Crippen LogP contribution in [0.25, 0.3) is 0 Å². The van der Waals surface area contributed by atoms with Crippen molar-refractivity contribution in [2.24, 2.45) is 10.9 Å². The van der Waals surface area contributed by atoms with Gasteiger partial charge < -0.3 is 14.6 Å². The number of rotatable bonds is 4. The number of pyridine rings is 1. The Balaban J connectivity index is 2.04. The number of aromatic carboxylic acids is 1. The molecule has 3 heterocycles. The number of nitroso groups, excluding NO2 is 1. The molecule has 1 atom stereocenters. The van der Waals surface area contributed by atoms with Crippen molar-refractivity contribution >= 4 is 11.8 Å². The van der Waals surface area contributed by atoms with Crippen LogP contribution in [0.2, 0.25) is 0 Å². The van der Waals surface area contributed by atoms with Crippen molar-refractivity contribution in [2.45, 2.75) is 32.6 Å². The average molecular weight is 334 g/mol. The molecular weight excluding hydrogens is 314 g/mol. The van der Waals surface area contributed by atoms with Gasteiger partial charge in [0.15, 0.2) is 24.1 Å². The van der Waals surface area contributed by atoms with E-state index in [1.807, 2.05) is 20.8 Å². The number of hydrogen-bond acceptors (Lipinski definition) is 6. The van der Waals surface area contributed by atoms with Crippen molar-refractivity contribution in [1.82, 2.24) is 4.98 Å². The number of nitrogens with zero attached hydrogens (tertiary/aromatic N) is 3. The standard InChI is InChI=1S/C16H19N3O5/c1-9(2)16(3)8-19(22)13(18-16)12-11(14(20)21)6-10(7-17-12)15-23-4-5-24-15/h6-7,9,15H,4-5,8H2,1-3H3/p+1. The van der Waals surface area contributed by atoms with Gasteiger partial charge in [0.2, 0.25) is 0 Å². The molecule has 1 unspecified atom stereocenters. The van der Waals surface area contributed by atoms with Gasteiger partial charge in [-0.15, -0.1) is 0 Å². The van der Waals surface area contributed by atoms with Crippen LogP contribution in [0, 0.1) is 10.8 Å². The summed E-state index contributed by atoms with van der Waals surface area (Å²) in [6.07, 6.45) is 0.846. The van der Waals surface area contributed by atoms with E-state index in [0.29, 0.717) is 18.8 Å². The molecule has 0 bridgehead atoms. The minimum atomic E-state index is -1.17. The summed E-state index contributed by atoms with van der Waals surface area (Å²) in [5.41, 5.74) is -0.0654. The summed E-state index contributed by atoms with van der Waals surface area (Å²) >= 11 is 0. The number of carbonyl (C=O) groups is 1. The summed E-state index contributed by atoms with van der Waals surface area (Å²) in [6.45, 7) is 6.90. The number of hydrogen-bond donors (Lipinski definition) is 1. The van der Waals surface area contributed by atoms with Crippen molar-refractivity contribution in [1.29, 1.82) is 0 Å². The summed E-state index contributed by atoms with van der Waals surface area (Å²) in [4.78, 5) is 32.6. The van der Waals surface area contributed by atoms with Crippen LogP contribution in [0.4, 0.5) is 0 Å². The number of aromatic nitrogens is 1. The fraction of sp³-hybridized carbons (Fsp3) is 0.562. The van der Waals surface area contributed by atoms with Crippen molar-refractivity contribution in [3.63, 3.8) is 0 Å². The summed E-state index contributed by atoms with van der Waals surface area (Å²) in [5, 5.41) is 9.52. The third-order valence-corrected chi connectivity index (χ3v) is 4.55. The summed E-state index contributed by atoms with van der Waals surface area (Å²) in [6, 6.07) is 1.43. The zero-order valence-electron chi connectivity index (χ0n) is 13.9. The van der Waals surface area contributed by atoms with Crippen LogP contribution < -0.4 is 0 Å². The lowest BCUT2D eigenvalue weighted by molar-refractivity contribution is -0.428. The Kier molecular flexibility index (Phi) is 4.18. The number of carboxylic acid groups (broad SMARTS) is 1. The predicted molar refractivity (Wildman–Crippen MR) is 84.1 cm³/mol. The molecule has 1 aromatic rings. The lowest BCUT2D eigenvalue weighted by Gasteiger charge is -2.15. The quantitative estimate of drug-likeness (QED) is 0.842. The molecule has 24 heavy (non-hydrogen) atoms. The van der Waals surface area contributed by atoms with Crippen LogP contribution in [0.1, 0.15) is 48.7 Å². The highest BCUT2D eigenvalue weighted by atomic mass is 16.7. The molecule has 0 amide bonds. The van der Waals surface area contributed by atoms with Crippen molar-refractivity contribution in [3.05, 3.63) is 34.0 Å². The summed E-state index contributed by atoms with van der Waals surface area (Å²) in [5.74, 6) is -0.978. The Morgan fingerprint density at radius 1 is 1.42 bits per heavy atom. The first kappa shape index (κ1) is 16.7. The average Bonchev–Trinajstić information content (AvgIpc) is 3.15. The largest absolute Gasteiger partial charge is 0.478 e. The van der Waals surface area contributed by atoms with Gasteiger partial charge in [-0.2, -0.15) is 0 Å².